The molecule has 0 N–H and O–H groups in total. The van der Waals surface area contributed by atoms with Crippen molar-refractivity contribution in [3.63, 3.8) is 0 Å². The third-order valence-corrected chi connectivity index (χ3v) is 3.62. The van der Waals surface area contributed by atoms with Crippen molar-refractivity contribution in [1.29, 1.82) is 0 Å². The van der Waals surface area contributed by atoms with Crippen molar-refractivity contribution in [2.45, 2.75) is 5.38 Å². The Bertz CT molecular complexity index is 586. The second kappa shape index (κ2) is 5.33. The van der Waals surface area contributed by atoms with Crippen LogP contribution in [0.15, 0.2) is 40.9 Å². The molecule has 0 nitrogen and oxygen atoms in total. The predicted octanol–water partition coefficient (Wildman–Crippen LogP) is 5.19. The van der Waals surface area contributed by atoms with Crippen LogP contribution in [0, 0.1) is 17.5 Å². The summed E-state index contributed by atoms with van der Waals surface area (Å²) in [5, 5.41) is -0.893. The van der Waals surface area contributed by atoms with Crippen molar-refractivity contribution in [3.05, 3.63) is 69.4 Å². The van der Waals surface area contributed by atoms with Crippen LogP contribution in [-0.2, 0) is 0 Å². The van der Waals surface area contributed by atoms with Crippen molar-refractivity contribution in [3.8, 4) is 0 Å². The first-order valence-corrected chi connectivity index (χ1v) is 6.26. The van der Waals surface area contributed by atoms with E-state index in [1.165, 1.54) is 18.2 Å². The molecule has 0 amide bonds. The molecule has 0 fully saturated rings. The number of hydrogen-bond acceptors (Lipinski definition) is 0. The second-order valence-electron chi connectivity index (χ2n) is 3.69. The van der Waals surface area contributed by atoms with Crippen LogP contribution in [-0.4, -0.2) is 0 Å². The molecule has 0 aliphatic carbocycles. The molecular formula is C13H7BrClF3. The lowest BCUT2D eigenvalue weighted by Gasteiger charge is -2.13. The predicted molar refractivity (Wildman–Crippen MR) is 68.2 cm³/mol. The molecule has 0 saturated heterocycles. The van der Waals surface area contributed by atoms with Crippen molar-refractivity contribution in [2.24, 2.45) is 0 Å². The minimum absolute atomic E-state index is 0.0176. The molecule has 0 aromatic heterocycles. The van der Waals surface area contributed by atoms with Crippen LogP contribution in [0.4, 0.5) is 13.2 Å². The van der Waals surface area contributed by atoms with Crippen LogP contribution in [0.25, 0.3) is 0 Å². The van der Waals surface area contributed by atoms with Crippen molar-refractivity contribution >= 4 is 27.5 Å². The summed E-state index contributed by atoms with van der Waals surface area (Å²) in [6, 6.07) is 6.93. The van der Waals surface area contributed by atoms with Gasteiger partial charge in [0.15, 0.2) is 0 Å². The van der Waals surface area contributed by atoms with E-state index in [2.05, 4.69) is 15.9 Å². The number of benzene rings is 2. The van der Waals surface area contributed by atoms with Crippen LogP contribution in [0.3, 0.4) is 0 Å². The smallest absolute Gasteiger partial charge is 0.128 e. The number of halogens is 5. The molecular weight excluding hydrogens is 328 g/mol. The fourth-order valence-corrected chi connectivity index (χ4v) is 2.65. The Hall–Kier alpha value is -1.00. The van der Waals surface area contributed by atoms with Gasteiger partial charge in [-0.2, -0.15) is 0 Å². The molecule has 1 atom stereocenters. The average Bonchev–Trinajstić information content (AvgIpc) is 2.31. The molecule has 94 valence electrons. The van der Waals surface area contributed by atoms with E-state index in [1.807, 2.05) is 0 Å². The summed E-state index contributed by atoms with van der Waals surface area (Å²) >= 11 is 9.25. The van der Waals surface area contributed by atoms with Gasteiger partial charge in [-0.25, -0.2) is 13.2 Å². The number of rotatable bonds is 2. The van der Waals surface area contributed by atoms with E-state index in [9.17, 15) is 13.2 Å². The molecule has 0 aliphatic heterocycles. The van der Waals surface area contributed by atoms with Gasteiger partial charge >= 0.3 is 0 Å². The molecule has 0 aliphatic rings. The molecule has 5 heteroatoms. The van der Waals surface area contributed by atoms with Gasteiger partial charge in [0, 0.05) is 10.0 Å². The Labute approximate surface area is 116 Å². The monoisotopic (exact) mass is 334 g/mol. The molecule has 18 heavy (non-hydrogen) atoms. The topological polar surface area (TPSA) is 0 Å². The molecule has 0 radical (unpaired) electrons. The van der Waals surface area contributed by atoms with Crippen LogP contribution < -0.4 is 0 Å². The van der Waals surface area contributed by atoms with Crippen LogP contribution in [0.2, 0.25) is 0 Å². The fourth-order valence-electron chi connectivity index (χ4n) is 1.58. The fraction of sp³-hybridized carbons (Fsp3) is 0.0769. The molecule has 0 spiro atoms. The summed E-state index contributed by atoms with van der Waals surface area (Å²) < 4.78 is 40.0. The van der Waals surface area contributed by atoms with Crippen LogP contribution >= 0.6 is 27.5 Å². The molecule has 0 bridgehead atoms. The van der Waals surface area contributed by atoms with Gasteiger partial charge in [-0.15, -0.1) is 11.6 Å². The van der Waals surface area contributed by atoms with Gasteiger partial charge in [-0.3, -0.25) is 0 Å². The van der Waals surface area contributed by atoms with E-state index in [1.54, 1.807) is 0 Å². The lowest BCUT2D eigenvalue weighted by Crippen LogP contribution is -1.99. The highest BCUT2D eigenvalue weighted by atomic mass is 79.9. The lowest BCUT2D eigenvalue weighted by atomic mass is 10.0. The van der Waals surface area contributed by atoms with Crippen molar-refractivity contribution < 1.29 is 13.2 Å². The summed E-state index contributed by atoms with van der Waals surface area (Å²) in [5.41, 5.74) is 0.492. The van der Waals surface area contributed by atoms with Crippen LogP contribution in [0.1, 0.15) is 16.5 Å². The van der Waals surface area contributed by atoms with Gasteiger partial charge in [-0.1, -0.05) is 22.0 Å². The zero-order valence-corrected chi connectivity index (χ0v) is 11.3. The first kappa shape index (κ1) is 13.4. The molecule has 0 saturated carbocycles. The highest BCUT2D eigenvalue weighted by molar-refractivity contribution is 9.10. The second-order valence-corrected chi connectivity index (χ2v) is 4.98. The summed E-state index contributed by atoms with van der Waals surface area (Å²) in [6.45, 7) is 0. The maximum Gasteiger partial charge on any atom is 0.128 e. The Morgan fingerprint density at radius 3 is 2.17 bits per heavy atom. The van der Waals surface area contributed by atoms with Gasteiger partial charge in [0.2, 0.25) is 0 Å². The maximum absolute atomic E-state index is 13.6. The minimum Gasteiger partial charge on any atom is -0.207 e. The van der Waals surface area contributed by atoms with Gasteiger partial charge in [0.25, 0.3) is 0 Å². The van der Waals surface area contributed by atoms with Gasteiger partial charge in [0.1, 0.15) is 17.5 Å². The maximum atomic E-state index is 13.6. The first-order valence-electron chi connectivity index (χ1n) is 5.03. The Morgan fingerprint density at radius 2 is 1.50 bits per heavy atom. The Balaban J connectivity index is 2.47. The summed E-state index contributed by atoms with van der Waals surface area (Å²) in [6.07, 6.45) is 0. The van der Waals surface area contributed by atoms with Gasteiger partial charge < -0.3 is 0 Å². The largest absolute Gasteiger partial charge is 0.207 e. The van der Waals surface area contributed by atoms with E-state index in [4.69, 9.17) is 11.6 Å². The molecule has 2 aromatic rings. The van der Waals surface area contributed by atoms with E-state index in [0.717, 1.165) is 18.2 Å². The van der Waals surface area contributed by atoms with Crippen molar-refractivity contribution in [2.75, 3.05) is 0 Å². The Morgan fingerprint density at radius 1 is 0.889 bits per heavy atom. The van der Waals surface area contributed by atoms with Crippen molar-refractivity contribution in [1.82, 2.24) is 0 Å². The van der Waals surface area contributed by atoms with Gasteiger partial charge in [-0.05, 0) is 35.9 Å². The summed E-state index contributed by atoms with van der Waals surface area (Å²) in [4.78, 5) is 0. The van der Waals surface area contributed by atoms with E-state index in [-0.39, 0.29) is 5.56 Å². The highest BCUT2D eigenvalue weighted by Crippen LogP contribution is 2.35. The number of hydrogen-bond donors (Lipinski definition) is 0. The molecule has 2 aromatic carbocycles. The summed E-state index contributed by atoms with van der Waals surface area (Å²) in [7, 11) is 0. The zero-order valence-electron chi connectivity index (χ0n) is 8.93. The summed E-state index contributed by atoms with van der Waals surface area (Å²) in [5.74, 6) is -1.61. The average molecular weight is 336 g/mol. The van der Waals surface area contributed by atoms with E-state index < -0.39 is 22.8 Å². The van der Waals surface area contributed by atoms with Gasteiger partial charge in [0.05, 0.1) is 5.38 Å². The normalized spacial score (nSPS) is 12.5. The van der Waals surface area contributed by atoms with E-state index >= 15 is 0 Å². The Kier molecular flexibility index (Phi) is 3.97. The standard InChI is InChI=1S/C13H7BrClF3/c14-11-6-8(17)1-3-9(11)13(15)10-5-7(16)2-4-12(10)18/h1-6,13H. The number of alkyl halides is 1. The SMILES string of the molecule is Fc1ccc(C(Cl)c2cc(F)ccc2F)c(Br)c1. The zero-order chi connectivity index (χ0) is 13.3. The molecule has 0 heterocycles. The lowest BCUT2D eigenvalue weighted by molar-refractivity contribution is 0.587. The molecule has 2 rings (SSSR count). The highest BCUT2D eigenvalue weighted by Gasteiger charge is 2.18. The third kappa shape index (κ3) is 2.70. The molecule has 1 unspecified atom stereocenters. The van der Waals surface area contributed by atoms with Crippen LogP contribution in [0.5, 0.6) is 0 Å². The third-order valence-electron chi connectivity index (χ3n) is 2.47. The van der Waals surface area contributed by atoms with E-state index in [0.29, 0.717) is 10.0 Å². The quantitative estimate of drug-likeness (QED) is 0.662. The minimum atomic E-state index is -0.893. The first-order chi connectivity index (χ1) is 8.49.